The lowest BCUT2D eigenvalue weighted by atomic mass is 9.85. The zero-order valence-electron chi connectivity index (χ0n) is 13.1. The van der Waals surface area contributed by atoms with Crippen molar-refractivity contribution < 1.29 is 0 Å². The normalized spacial score (nSPS) is 15.1. The van der Waals surface area contributed by atoms with E-state index < -0.39 is 0 Å². The molecule has 21 heavy (non-hydrogen) atoms. The summed E-state index contributed by atoms with van der Waals surface area (Å²) in [7, 11) is 1.97. The lowest BCUT2D eigenvalue weighted by molar-refractivity contribution is 0.318. The molecule has 1 aromatic carbocycles. The van der Waals surface area contributed by atoms with Crippen LogP contribution < -0.4 is 10.2 Å². The molecule has 3 heteroatoms. The molecule has 1 aliphatic carbocycles. The summed E-state index contributed by atoms with van der Waals surface area (Å²) in [6.45, 7) is 5.23. The maximum atomic E-state index is 4.94. The number of nitrogens with one attached hydrogen (secondary N) is 1. The zero-order chi connectivity index (χ0) is 14.7. The number of hydrogen-bond donors (Lipinski definition) is 1. The zero-order valence-corrected chi connectivity index (χ0v) is 13.1. The van der Waals surface area contributed by atoms with Gasteiger partial charge in [0.15, 0.2) is 0 Å². The molecular formula is C18H25N3. The van der Waals surface area contributed by atoms with Gasteiger partial charge >= 0.3 is 0 Å². The third kappa shape index (κ3) is 3.03. The largest absolute Gasteiger partial charge is 0.356 e. The van der Waals surface area contributed by atoms with E-state index in [2.05, 4.69) is 47.5 Å². The van der Waals surface area contributed by atoms with Gasteiger partial charge in [-0.05, 0) is 44.2 Å². The van der Waals surface area contributed by atoms with E-state index in [1.807, 2.05) is 7.05 Å². The second kappa shape index (κ2) is 6.44. The van der Waals surface area contributed by atoms with Gasteiger partial charge in [-0.3, -0.25) is 0 Å². The molecule has 0 aliphatic heterocycles. The Morgan fingerprint density at radius 3 is 2.76 bits per heavy atom. The van der Waals surface area contributed by atoms with Crippen molar-refractivity contribution >= 4 is 16.6 Å². The van der Waals surface area contributed by atoms with Crippen molar-refractivity contribution in [1.82, 2.24) is 10.3 Å². The predicted molar refractivity (Wildman–Crippen MR) is 89.7 cm³/mol. The summed E-state index contributed by atoms with van der Waals surface area (Å²) in [5.41, 5.74) is 1.12. The molecule has 0 radical (unpaired) electrons. The number of pyridine rings is 1. The van der Waals surface area contributed by atoms with Crippen molar-refractivity contribution in [1.29, 1.82) is 0 Å². The van der Waals surface area contributed by atoms with Crippen molar-refractivity contribution in [2.24, 2.45) is 5.92 Å². The van der Waals surface area contributed by atoms with Crippen LogP contribution in [0, 0.1) is 5.92 Å². The van der Waals surface area contributed by atoms with Crippen LogP contribution in [0.5, 0.6) is 0 Å². The molecule has 0 atom stereocenters. The lowest BCUT2D eigenvalue weighted by Crippen LogP contribution is -2.33. The van der Waals surface area contributed by atoms with Gasteiger partial charge in [0.2, 0.25) is 0 Å². The predicted octanol–water partition coefficient (Wildman–Crippen LogP) is 3.58. The first-order chi connectivity index (χ1) is 10.3. The van der Waals surface area contributed by atoms with Crippen LogP contribution in [0.15, 0.2) is 30.3 Å². The van der Waals surface area contributed by atoms with Gasteiger partial charge in [0.1, 0.15) is 5.82 Å². The number of nitrogens with zero attached hydrogens (tertiary/aromatic N) is 2. The van der Waals surface area contributed by atoms with Crippen molar-refractivity contribution in [2.45, 2.75) is 32.7 Å². The van der Waals surface area contributed by atoms with E-state index in [0.29, 0.717) is 0 Å². The maximum absolute atomic E-state index is 4.94. The monoisotopic (exact) mass is 283 g/mol. The number of anilines is 1. The summed E-state index contributed by atoms with van der Waals surface area (Å²) < 4.78 is 0. The van der Waals surface area contributed by atoms with Gasteiger partial charge in [0.25, 0.3) is 0 Å². The van der Waals surface area contributed by atoms with Crippen molar-refractivity contribution in [2.75, 3.05) is 25.0 Å². The van der Waals surface area contributed by atoms with Crippen LogP contribution >= 0.6 is 0 Å². The first-order valence-corrected chi connectivity index (χ1v) is 8.10. The molecule has 3 rings (SSSR count). The molecule has 1 N–H and O–H groups in total. The van der Waals surface area contributed by atoms with Crippen molar-refractivity contribution in [3.8, 4) is 0 Å². The lowest BCUT2D eigenvalue weighted by Gasteiger charge is -2.33. The van der Waals surface area contributed by atoms with E-state index in [-0.39, 0.29) is 0 Å². The summed E-state index contributed by atoms with van der Waals surface area (Å²) in [4.78, 5) is 7.40. The molecule has 1 heterocycles. The van der Waals surface area contributed by atoms with Gasteiger partial charge in [-0.25, -0.2) is 4.98 Å². The average Bonchev–Trinajstić information content (AvgIpc) is 2.46. The van der Waals surface area contributed by atoms with Crippen LogP contribution in [-0.4, -0.2) is 25.1 Å². The van der Waals surface area contributed by atoms with Crippen LogP contribution in [0.3, 0.4) is 0 Å². The Hall–Kier alpha value is -1.61. The first kappa shape index (κ1) is 14.3. The highest BCUT2D eigenvalue weighted by Crippen LogP contribution is 2.31. The SMILES string of the molecule is CCN(CC1CCC1)c1nc(CNC)cc2ccccc12. The fraction of sp³-hybridized carbons (Fsp3) is 0.500. The fourth-order valence-corrected chi connectivity index (χ4v) is 3.10. The molecule has 3 nitrogen and oxygen atoms in total. The standard InChI is InChI=1S/C18H25N3/c1-3-21(13-14-7-6-8-14)18-17-10-5-4-9-15(17)11-16(20-18)12-19-2/h4-5,9-11,14,19H,3,6-8,12-13H2,1-2H3. The molecule has 2 aromatic rings. The van der Waals surface area contributed by atoms with E-state index >= 15 is 0 Å². The van der Waals surface area contributed by atoms with Crippen LogP contribution in [0.1, 0.15) is 31.9 Å². The van der Waals surface area contributed by atoms with Gasteiger partial charge < -0.3 is 10.2 Å². The number of benzene rings is 1. The number of fused-ring (bicyclic) bond motifs is 1. The molecule has 1 saturated carbocycles. The smallest absolute Gasteiger partial charge is 0.136 e. The Labute approximate surface area is 127 Å². The highest BCUT2D eigenvalue weighted by molar-refractivity contribution is 5.92. The van der Waals surface area contributed by atoms with E-state index in [1.54, 1.807) is 0 Å². The minimum atomic E-state index is 0.818. The molecule has 0 bridgehead atoms. The summed E-state index contributed by atoms with van der Waals surface area (Å²) in [6.07, 6.45) is 4.16. The van der Waals surface area contributed by atoms with E-state index in [0.717, 1.165) is 37.1 Å². The molecule has 112 valence electrons. The number of rotatable bonds is 6. The van der Waals surface area contributed by atoms with Gasteiger partial charge in [0, 0.05) is 25.0 Å². The van der Waals surface area contributed by atoms with Gasteiger partial charge in [0.05, 0.1) is 5.69 Å². The molecule has 0 saturated heterocycles. The summed E-state index contributed by atoms with van der Waals surface area (Å²) in [5, 5.41) is 5.78. The number of aromatic nitrogens is 1. The highest BCUT2D eigenvalue weighted by atomic mass is 15.2. The third-order valence-corrected chi connectivity index (χ3v) is 4.52. The summed E-state index contributed by atoms with van der Waals surface area (Å²) >= 11 is 0. The molecule has 1 fully saturated rings. The minimum absolute atomic E-state index is 0.818. The Morgan fingerprint density at radius 1 is 1.29 bits per heavy atom. The third-order valence-electron chi connectivity index (χ3n) is 4.52. The molecule has 1 aromatic heterocycles. The van der Waals surface area contributed by atoms with Crippen LogP contribution in [0.2, 0.25) is 0 Å². The van der Waals surface area contributed by atoms with Gasteiger partial charge in [-0.2, -0.15) is 0 Å². The molecule has 0 spiro atoms. The average molecular weight is 283 g/mol. The van der Waals surface area contributed by atoms with Crippen LogP contribution in [-0.2, 0) is 6.54 Å². The molecule has 1 aliphatic rings. The van der Waals surface area contributed by atoms with E-state index in [4.69, 9.17) is 4.98 Å². The highest BCUT2D eigenvalue weighted by Gasteiger charge is 2.22. The Bertz CT molecular complexity index is 604. The Morgan fingerprint density at radius 2 is 2.10 bits per heavy atom. The first-order valence-electron chi connectivity index (χ1n) is 8.10. The molecule has 0 amide bonds. The molecule has 0 unspecified atom stereocenters. The van der Waals surface area contributed by atoms with Crippen LogP contribution in [0.25, 0.3) is 10.8 Å². The second-order valence-electron chi connectivity index (χ2n) is 6.02. The Kier molecular flexibility index (Phi) is 4.39. The topological polar surface area (TPSA) is 28.2 Å². The van der Waals surface area contributed by atoms with Crippen molar-refractivity contribution in [3.63, 3.8) is 0 Å². The van der Waals surface area contributed by atoms with E-state index in [9.17, 15) is 0 Å². The molecular weight excluding hydrogens is 258 g/mol. The Balaban J connectivity index is 2.00. The quantitative estimate of drug-likeness (QED) is 0.878. The summed E-state index contributed by atoms with van der Waals surface area (Å²) in [5.74, 6) is 2.02. The van der Waals surface area contributed by atoms with Gasteiger partial charge in [-0.1, -0.05) is 30.7 Å². The van der Waals surface area contributed by atoms with Crippen LogP contribution in [0.4, 0.5) is 5.82 Å². The van der Waals surface area contributed by atoms with E-state index in [1.165, 1.54) is 30.0 Å². The fourth-order valence-electron chi connectivity index (χ4n) is 3.10. The second-order valence-corrected chi connectivity index (χ2v) is 6.02. The summed E-state index contributed by atoms with van der Waals surface area (Å²) in [6, 6.07) is 10.8. The van der Waals surface area contributed by atoms with Crippen molar-refractivity contribution in [3.05, 3.63) is 36.0 Å². The minimum Gasteiger partial charge on any atom is -0.356 e. The van der Waals surface area contributed by atoms with Gasteiger partial charge in [-0.15, -0.1) is 0 Å². The number of hydrogen-bond acceptors (Lipinski definition) is 3. The maximum Gasteiger partial charge on any atom is 0.136 e.